The number of nitrogens with zero attached hydrogens (tertiary/aromatic N) is 1. The van der Waals surface area contributed by atoms with E-state index in [1.54, 1.807) is 39.1 Å². The van der Waals surface area contributed by atoms with Crippen molar-refractivity contribution in [3.63, 3.8) is 0 Å². The lowest BCUT2D eigenvalue weighted by molar-refractivity contribution is -0.116. The lowest BCUT2D eigenvalue weighted by atomic mass is 10.2. The van der Waals surface area contributed by atoms with Crippen molar-refractivity contribution in [3.8, 4) is 0 Å². The summed E-state index contributed by atoms with van der Waals surface area (Å²) in [4.78, 5) is 27.7. The van der Waals surface area contributed by atoms with E-state index >= 15 is 0 Å². The van der Waals surface area contributed by atoms with Crippen LogP contribution in [0.1, 0.15) is 27.2 Å². The van der Waals surface area contributed by atoms with Crippen molar-refractivity contribution < 1.29 is 14.3 Å². The predicted octanol–water partition coefficient (Wildman–Crippen LogP) is 4.50. The van der Waals surface area contributed by atoms with Gasteiger partial charge in [0, 0.05) is 29.0 Å². The molecular weight excluding hydrogens is 410 g/mol. The Morgan fingerprint density at radius 1 is 1.28 bits per heavy atom. The van der Waals surface area contributed by atoms with Crippen molar-refractivity contribution >= 4 is 56.1 Å². The summed E-state index contributed by atoms with van der Waals surface area (Å²) < 4.78 is 5.94. The number of anilines is 1. The third-order valence-corrected chi connectivity index (χ3v) is 3.81. The number of nitrogens with one attached hydrogen (secondary N) is 2. The summed E-state index contributed by atoms with van der Waals surface area (Å²) >= 11 is 9.54. The number of carbonyl (C=O) groups is 2. The van der Waals surface area contributed by atoms with Gasteiger partial charge in [-0.15, -0.1) is 0 Å². The smallest absolute Gasteiger partial charge is 0.407 e. The lowest BCUT2D eigenvalue weighted by Crippen LogP contribution is -2.34. The zero-order valence-electron chi connectivity index (χ0n) is 14.2. The number of halogens is 2. The molecule has 0 spiro atoms. The molecule has 0 fully saturated rings. The van der Waals surface area contributed by atoms with E-state index in [0.29, 0.717) is 10.8 Å². The number of pyridine rings is 1. The number of hydrogen-bond donors (Lipinski definition) is 2. The minimum atomic E-state index is -0.573. The van der Waals surface area contributed by atoms with E-state index < -0.39 is 11.7 Å². The number of hydrogen-bond acceptors (Lipinski definition) is 4. The Labute approximate surface area is 159 Å². The highest BCUT2D eigenvalue weighted by atomic mass is 79.9. The van der Waals surface area contributed by atoms with E-state index in [0.717, 1.165) is 15.2 Å². The number of fused-ring (bicyclic) bond motifs is 1. The van der Waals surface area contributed by atoms with Gasteiger partial charge in [0.1, 0.15) is 11.4 Å². The molecule has 0 aliphatic rings. The minimum Gasteiger partial charge on any atom is -0.444 e. The second-order valence-corrected chi connectivity index (χ2v) is 7.73. The maximum atomic E-state index is 12.0. The van der Waals surface area contributed by atoms with Crippen LogP contribution >= 0.6 is 27.5 Å². The van der Waals surface area contributed by atoms with E-state index in [-0.39, 0.29) is 18.9 Å². The highest BCUT2D eigenvalue weighted by Gasteiger charge is 2.16. The third-order valence-electron chi connectivity index (χ3n) is 3.04. The van der Waals surface area contributed by atoms with E-state index in [2.05, 4.69) is 31.5 Å². The number of alkyl carbamates (subject to hydrolysis) is 1. The van der Waals surface area contributed by atoms with Gasteiger partial charge < -0.3 is 15.4 Å². The van der Waals surface area contributed by atoms with Crippen LogP contribution in [0.2, 0.25) is 5.02 Å². The fourth-order valence-electron chi connectivity index (χ4n) is 2.04. The van der Waals surface area contributed by atoms with Gasteiger partial charge in [0.15, 0.2) is 0 Å². The van der Waals surface area contributed by atoms with Gasteiger partial charge in [0.25, 0.3) is 0 Å². The molecular formula is C17H19BrClN3O3. The summed E-state index contributed by atoms with van der Waals surface area (Å²) in [6, 6.07) is 5.42. The van der Waals surface area contributed by atoms with Gasteiger partial charge in [-0.1, -0.05) is 27.5 Å². The molecule has 2 rings (SSSR count). The van der Waals surface area contributed by atoms with Gasteiger partial charge in [0.05, 0.1) is 5.02 Å². The van der Waals surface area contributed by atoms with Crippen molar-refractivity contribution in [2.24, 2.45) is 0 Å². The molecule has 0 radical (unpaired) electrons. The molecule has 2 aromatic rings. The van der Waals surface area contributed by atoms with Gasteiger partial charge in [-0.2, -0.15) is 0 Å². The van der Waals surface area contributed by atoms with Crippen LogP contribution in [0.5, 0.6) is 0 Å². The first kappa shape index (κ1) is 19.5. The summed E-state index contributed by atoms with van der Waals surface area (Å²) in [5, 5.41) is 7.47. The minimum absolute atomic E-state index is 0.109. The number of amides is 2. The van der Waals surface area contributed by atoms with Gasteiger partial charge in [-0.3, -0.25) is 4.79 Å². The Balaban J connectivity index is 1.90. The first-order valence-electron chi connectivity index (χ1n) is 7.65. The number of benzene rings is 1. The maximum Gasteiger partial charge on any atom is 0.407 e. The predicted molar refractivity (Wildman–Crippen MR) is 102 cm³/mol. The summed E-state index contributed by atoms with van der Waals surface area (Å²) in [5.74, 6) is 0.160. The summed E-state index contributed by atoms with van der Waals surface area (Å²) in [5.41, 5.74) is -0.573. The number of aromatic nitrogens is 1. The van der Waals surface area contributed by atoms with Crippen LogP contribution in [0.3, 0.4) is 0 Å². The van der Waals surface area contributed by atoms with Crippen molar-refractivity contribution in [2.45, 2.75) is 32.8 Å². The standard InChI is InChI=1S/C17H19BrClN3O3/c1-17(2,3)25-16(24)20-5-4-15(23)22-14-7-10-6-11(18)8-13(19)12(10)9-21-14/h6-9H,4-5H2,1-3H3,(H,20,24)(H,21,22,23). The molecule has 0 atom stereocenters. The van der Waals surface area contributed by atoms with Crippen LogP contribution < -0.4 is 10.6 Å². The maximum absolute atomic E-state index is 12.0. The molecule has 8 heteroatoms. The Morgan fingerprint density at radius 3 is 2.68 bits per heavy atom. The highest BCUT2D eigenvalue weighted by Crippen LogP contribution is 2.28. The molecule has 1 aromatic carbocycles. The molecule has 1 aromatic heterocycles. The van der Waals surface area contributed by atoms with Crippen LogP contribution in [0.15, 0.2) is 28.9 Å². The molecule has 0 saturated heterocycles. The van der Waals surface area contributed by atoms with Crippen LogP contribution in [0.4, 0.5) is 10.6 Å². The molecule has 1 heterocycles. The number of rotatable bonds is 4. The fourth-order valence-corrected chi connectivity index (χ4v) is 2.93. The second kappa shape index (κ2) is 8.01. The first-order valence-corrected chi connectivity index (χ1v) is 8.83. The average molecular weight is 429 g/mol. The zero-order chi connectivity index (χ0) is 18.6. The Morgan fingerprint density at radius 2 is 2.00 bits per heavy atom. The first-order chi connectivity index (χ1) is 11.6. The van der Waals surface area contributed by atoms with Crippen LogP contribution in [0.25, 0.3) is 10.8 Å². The molecule has 0 bridgehead atoms. The molecule has 0 aliphatic heterocycles. The number of carbonyl (C=O) groups excluding carboxylic acids is 2. The second-order valence-electron chi connectivity index (χ2n) is 6.41. The fraction of sp³-hybridized carbons (Fsp3) is 0.353. The van der Waals surface area contributed by atoms with Crippen molar-refractivity contribution in [3.05, 3.63) is 33.9 Å². The van der Waals surface area contributed by atoms with E-state index in [1.807, 2.05) is 6.07 Å². The molecule has 6 nitrogen and oxygen atoms in total. The van der Waals surface area contributed by atoms with Crippen molar-refractivity contribution in [1.29, 1.82) is 0 Å². The van der Waals surface area contributed by atoms with Gasteiger partial charge in [0.2, 0.25) is 5.91 Å². The van der Waals surface area contributed by atoms with Gasteiger partial charge in [-0.05, 0) is 44.4 Å². The average Bonchev–Trinajstić information content (AvgIpc) is 2.44. The van der Waals surface area contributed by atoms with Crippen LogP contribution in [0, 0.1) is 0 Å². The van der Waals surface area contributed by atoms with Gasteiger partial charge >= 0.3 is 6.09 Å². The van der Waals surface area contributed by atoms with E-state index in [9.17, 15) is 9.59 Å². The van der Waals surface area contributed by atoms with Gasteiger partial charge in [-0.25, -0.2) is 9.78 Å². The molecule has 134 valence electrons. The van der Waals surface area contributed by atoms with Crippen LogP contribution in [-0.4, -0.2) is 29.1 Å². The molecule has 25 heavy (non-hydrogen) atoms. The molecule has 2 N–H and O–H groups in total. The Kier molecular flexibility index (Phi) is 6.24. The molecule has 2 amide bonds. The Bertz CT molecular complexity index is 806. The summed E-state index contributed by atoms with van der Waals surface area (Å²) in [7, 11) is 0. The SMILES string of the molecule is CC(C)(C)OC(=O)NCCC(=O)Nc1cc2cc(Br)cc(Cl)c2cn1. The summed E-state index contributed by atoms with van der Waals surface area (Å²) in [6.45, 7) is 5.49. The molecule has 0 aliphatic carbocycles. The third kappa shape index (κ3) is 6.17. The zero-order valence-corrected chi connectivity index (χ0v) is 16.5. The summed E-state index contributed by atoms with van der Waals surface area (Å²) in [6.07, 6.45) is 1.17. The lowest BCUT2D eigenvalue weighted by Gasteiger charge is -2.19. The van der Waals surface area contributed by atoms with E-state index in [4.69, 9.17) is 16.3 Å². The topological polar surface area (TPSA) is 80.3 Å². The van der Waals surface area contributed by atoms with Crippen LogP contribution in [-0.2, 0) is 9.53 Å². The number of ether oxygens (including phenoxy) is 1. The molecule has 0 unspecified atom stereocenters. The largest absolute Gasteiger partial charge is 0.444 e. The van der Waals surface area contributed by atoms with E-state index in [1.165, 1.54) is 0 Å². The Hall–Kier alpha value is -1.86. The molecule has 0 saturated carbocycles. The quantitative estimate of drug-likeness (QED) is 0.751. The highest BCUT2D eigenvalue weighted by molar-refractivity contribution is 9.10. The monoisotopic (exact) mass is 427 g/mol. The van der Waals surface area contributed by atoms with Crippen molar-refractivity contribution in [2.75, 3.05) is 11.9 Å². The van der Waals surface area contributed by atoms with Crippen molar-refractivity contribution in [1.82, 2.24) is 10.3 Å². The normalized spacial score (nSPS) is 11.2.